The van der Waals surface area contributed by atoms with E-state index in [1.165, 1.54) is 7.05 Å². The van der Waals surface area contributed by atoms with Gasteiger partial charge < -0.3 is 24.8 Å². The number of methoxy groups -OCH3 is 2. The van der Waals surface area contributed by atoms with Crippen molar-refractivity contribution in [2.75, 3.05) is 47.6 Å². The summed E-state index contributed by atoms with van der Waals surface area (Å²) in [6.07, 6.45) is 2.47. The number of ether oxygens (including phenoxy) is 3. The predicted octanol–water partition coefficient (Wildman–Crippen LogP) is 4.74. The first-order chi connectivity index (χ1) is 18.9. The lowest BCUT2D eigenvalue weighted by atomic mass is 9.93. The lowest BCUT2D eigenvalue weighted by Gasteiger charge is -2.15. The summed E-state index contributed by atoms with van der Waals surface area (Å²) in [6.45, 7) is 1.71. The molecule has 1 aliphatic rings. The molecule has 0 spiro atoms. The van der Waals surface area contributed by atoms with E-state index >= 15 is 0 Å². The summed E-state index contributed by atoms with van der Waals surface area (Å²) in [4.78, 5) is 36.9. The summed E-state index contributed by atoms with van der Waals surface area (Å²) in [7, 11) is 7.23. The van der Waals surface area contributed by atoms with Crippen LogP contribution < -0.4 is 10.6 Å². The Kier molecular flexibility index (Phi) is 12.9. The average molecular weight is 545 g/mol. The van der Waals surface area contributed by atoms with E-state index < -0.39 is 6.09 Å². The van der Waals surface area contributed by atoms with Crippen molar-refractivity contribution in [1.82, 2.24) is 10.6 Å². The average Bonchev–Trinajstić information content (AvgIpc) is 3.25. The molecule has 1 aliphatic carbocycles. The maximum absolute atomic E-state index is 13.1. The summed E-state index contributed by atoms with van der Waals surface area (Å²) < 4.78 is 21.3. The number of nitrogens with one attached hydrogen (secondary N) is 3. The van der Waals surface area contributed by atoms with Gasteiger partial charge in [0.1, 0.15) is 6.61 Å². The van der Waals surface area contributed by atoms with Crippen LogP contribution in [-0.2, 0) is 25.4 Å². The van der Waals surface area contributed by atoms with Crippen LogP contribution in [0, 0.1) is 5.15 Å². The Hall–Kier alpha value is -3.13. The Morgan fingerprint density at radius 2 is 1.82 bits per heavy atom. The number of fused-ring (bicyclic) bond motifs is 3. The van der Waals surface area contributed by atoms with Gasteiger partial charge in [0.05, 0.1) is 6.61 Å². The summed E-state index contributed by atoms with van der Waals surface area (Å²) in [6, 6.07) is 12.0. The zero-order valence-corrected chi connectivity index (χ0v) is 23.3. The number of amides is 2. The van der Waals surface area contributed by atoms with Crippen LogP contribution in [0.5, 0.6) is 0 Å². The van der Waals surface area contributed by atoms with Gasteiger partial charge in [0.25, 0.3) is 0 Å². The van der Waals surface area contributed by atoms with Crippen molar-refractivity contribution >= 4 is 26.8 Å². The molecule has 0 fully saturated rings. The van der Waals surface area contributed by atoms with Gasteiger partial charge in [-0.3, -0.25) is 14.7 Å². The summed E-state index contributed by atoms with van der Waals surface area (Å²) in [5.41, 5.74) is 5.72. The Morgan fingerprint density at radius 3 is 2.53 bits per heavy atom. The van der Waals surface area contributed by atoms with E-state index in [-0.39, 0.29) is 24.2 Å². The topological polar surface area (TPSA) is 127 Å². The largest absolute Gasteiger partial charge is 0.449 e. The fourth-order valence-electron chi connectivity index (χ4n) is 4.60. The highest BCUT2D eigenvalue weighted by atomic mass is 31.0. The van der Waals surface area contributed by atoms with Crippen molar-refractivity contribution in [2.45, 2.75) is 38.0 Å². The molecule has 0 bridgehead atoms. The van der Waals surface area contributed by atoms with E-state index in [0.717, 1.165) is 34.2 Å². The number of carbonyl (C=O) groups excluding carboxylic acids is 3. The zero-order valence-electron chi connectivity index (χ0n) is 23.3. The van der Waals surface area contributed by atoms with E-state index in [1.54, 1.807) is 14.2 Å². The molecule has 0 radical (unpaired) electrons. The third-order valence-electron chi connectivity index (χ3n) is 6.37. The van der Waals surface area contributed by atoms with Crippen LogP contribution in [0.3, 0.4) is 0 Å². The van der Waals surface area contributed by atoms with Crippen LogP contribution in [0.4, 0.5) is 4.79 Å². The molecular weight excluding hydrogens is 505 g/mol. The van der Waals surface area contributed by atoms with Crippen LogP contribution in [0.1, 0.15) is 58.6 Å². The van der Waals surface area contributed by atoms with Gasteiger partial charge in [-0.15, -0.1) is 0 Å². The fourth-order valence-corrected chi connectivity index (χ4v) is 4.60. The van der Waals surface area contributed by atoms with Gasteiger partial charge in [-0.1, -0.05) is 36.4 Å². The van der Waals surface area contributed by atoms with Gasteiger partial charge in [0.2, 0.25) is 5.91 Å². The normalized spacial score (nSPS) is 13.2. The second kappa shape index (κ2) is 16.7. The third kappa shape index (κ3) is 8.45. The van der Waals surface area contributed by atoms with Crippen molar-refractivity contribution in [3.05, 3.63) is 58.7 Å². The van der Waals surface area contributed by atoms with E-state index in [9.17, 15) is 14.4 Å². The number of rotatable bonds is 14. The third-order valence-corrected chi connectivity index (χ3v) is 6.37. The van der Waals surface area contributed by atoms with Crippen LogP contribution in [0.25, 0.3) is 11.1 Å². The second-order valence-corrected chi connectivity index (χ2v) is 8.81. The highest BCUT2D eigenvalue weighted by molar-refractivity contribution is 7.02. The summed E-state index contributed by atoms with van der Waals surface area (Å²) in [5, 5.41) is 7.89. The lowest BCUT2D eigenvalue weighted by molar-refractivity contribution is -0.121. The molecule has 0 saturated carbocycles. The number of benzene rings is 2. The first-order valence-electron chi connectivity index (χ1n) is 13.1. The van der Waals surface area contributed by atoms with Gasteiger partial charge in [0, 0.05) is 58.7 Å². The minimum Gasteiger partial charge on any atom is -0.449 e. The van der Waals surface area contributed by atoms with Gasteiger partial charge in [0.15, 0.2) is 7.20 Å². The first-order valence-corrected chi connectivity index (χ1v) is 13.1. The standard InChI is InChI=1S/C28H36N2O6.H2NP/c1-29-28(33)36-18-24-20-8-5-9-22(25(31)10-6-15-34-2)27(20)21-13-12-19(17-23(21)24)7-4-11-26(32)30-14-16-35-3;1-2/h5,8-9,12-13,17,24H,4,6-7,10-11,14-16,18H2,1-3H3,(H,29,33)(H,30,32);1-2H/i/hD. The van der Waals surface area contributed by atoms with E-state index in [1.807, 2.05) is 24.3 Å². The molecule has 1 unspecified atom stereocenters. The number of hydrogen-bond donors (Lipinski definition) is 3. The number of aryl methyl sites for hydroxylation is 1. The second-order valence-electron chi connectivity index (χ2n) is 8.81. The van der Waals surface area contributed by atoms with Crippen molar-refractivity contribution in [1.29, 1.82) is 5.15 Å². The number of alkyl carbamates (subject to hydrolysis) is 1. The van der Waals surface area contributed by atoms with Gasteiger partial charge in [-0.25, -0.2) is 4.79 Å². The number of ketones is 1. The zero-order chi connectivity index (χ0) is 28.6. The predicted molar refractivity (Wildman–Crippen MR) is 148 cm³/mol. The van der Waals surface area contributed by atoms with E-state index in [4.69, 9.17) is 15.6 Å². The number of carbonyl (C=O) groups is 3. The fraction of sp³-hybridized carbons (Fsp3) is 0.464. The molecular formula is C28H38N3O6P. The number of hydrogen-bond acceptors (Lipinski definition) is 7. The molecule has 2 aromatic rings. The molecule has 206 valence electrons. The van der Waals surface area contributed by atoms with Crippen molar-refractivity contribution in [2.24, 2.45) is 0 Å². The highest BCUT2D eigenvalue weighted by Gasteiger charge is 2.33. The van der Waals surface area contributed by atoms with Gasteiger partial charge >= 0.3 is 6.09 Å². The Labute approximate surface area is 228 Å². The maximum Gasteiger partial charge on any atom is 0.406 e. The van der Waals surface area contributed by atoms with E-state index in [2.05, 4.69) is 37.0 Å². The molecule has 2 amide bonds. The monoisotopic (exact) mass is 544 g/mol. The Morgan fingerprint density at radius 1 is 1.05 bits per heavy atom. The molecule has 0 aromatic heterocycles. The molecule has 3 rings (SSSR count). The molecule has 9 nitrogen and oxygen atoms in total. The van der Waals surface area contributed by atoms with Crippen molar-refractivity contribution in [3.63, 3.8) is 0 Å². The smallest absolute Gasteiger partial charge is 0.406 e. The molecule has 10 heteroatoms. The Balaban J connectivity index is 0.00000170. The first kappa shape index (κ1) is 29.4. The molecule has 0 heterocycles. The quantitative estimate of drug-likeness (QED) is 0.179. The number of Topliss-reactive ketones (excluding diaryl/α,β-unsaturated/α-hetero) is 1. The van der Waals surface area contributed by atoms with Crippen LogP contribution in [0.2, 0.25) is 1.41 Å². The Bertz CT molecular complexity index is 1130. The molecule has 38 heavy (non-hydrogen) atoms. The highest BCUT2D eigenvalue weighted by Crippen LogP contribution is 2.47. The summed E-state index contributed by atoms with van der Waals surface area (Å²) >= 11 is 0. The van der Waals surface area contributed by atoms with Crippen LogP contribution in [0.15, 0.2) is 36.4 Å². The maximum atomic E-state index is 13.1. The van der Waals surface area contributed by atoms with Crippen LogP contribution in [-0.4, -0.2) is 65.4 Å². The summed E-state index contributed by atoms with van der Waals surface area (Å²) in [5.74, 6) is -0.0864. The minimum atomic E-state index is -0.493. The van der Waals surface area contributed by atoms with Gasteiger partial charge in [-0.05, 0) is 56.1 Å². The molecule has 0 saturated heterocycles. The molecule has 1 atom stereocenters. The van der Waals surface area contributed by atoms with E-state index in [0.29, 0.717) is 51.0 Å². The van der Waals surface area contributed by atoms with Crippen LogP contribution >= 0.6 is 9.03 Å². The minimum absolute atomic E-state index is 0.00842. The molecule has 3 N–H and O–H groups in total. The van der Waals surface area contributed by atoms with Crippen molar-refractivity contribution in [3.8, 4) is 11.1 Å². The van der Waals surface area contributed by atoms with Gasteiger partial charge in [-0.2, -0.15) is 0 Å². The molecule has 0 aliphatic heterocycles. The van der Waals surface area contributed by atoms with Crippen molar-refractivity contribution < 1.29 is 30.0 Å². The lowest BCUT2D eigenvalue weighted by Crippen LogP contribution is -2.26. The molecule has 2 aromatic carbocycles. The SMILES string of the molecule is CNC(=O)OCC1c2cc(CCCC(=O)NCCOC)ccc2-c2c(C(=O)CCCOC)cccc21.[2H]N=P.